The molecule has 2 heterocycles. The Hall–Kier alpha value is -2.01. The van der Waals surface area contributed by atoms with Crippen LogP contribution in [-0.2, 0) is 27.8 Å². The first kappa shape index (κ1) is 20.3. The standard InChI is InChI=1S/C19H26N4O5S/c1-3-22-17(24)15-10-14(29(26,27)21-19(2)6-7-19)4-5-16(15)23(18(22)25)11-13-12-28-9-8-20-13/h4-5,10,13,20-21H,3,6-9,11-12H2,1-2H3. The number of fused-ring (bicyclic) bond motifs is 1. The molecule has 1 aromatic heterocycles. The number of ether oxygens (including phenoxy) is 1. The Morgan fingerprint density at radius 2 is 2.03 bits per heavy atom. The van der Waals surface area contributed by atoms with Gasteiger partial charge < -0.3 is 10.1 Å². The van der Waals surface area contributed by atoms with E-state index >= 15 is 0 Å². The third kappa shape index (κ3) is 3.89. The lowest BCUT2D eigenvalue weighted by Crippen LogP contribution is -2.48. The lowest BCUT2D eigenvalue weighted by atomic mass is 10.2. The molecule has 158 valence electrons. The first-order chi connectivity index (χ1) is 13.7. The van der Waals surface area contributed by atoms with E-state index in [4.69, 9.17) is 4.74 Å². The van der Waals surface area contributed by atoms with E-state index in [2.05, 4.69) is 10.0 Å². The summed E-state index contributed by atoms with van der Waals surface area (Å²) >= 11 is 0. The minimum Gasteiger partial charge on any atom is -0.378 e. The molecule has 1 unspecified atom stereocenters. The molecule has 0 amide bonds. The molecule has 0 radical (unpaired) electrons. The third-order valence-corrected chi connectivity index (χ3v) is 7.24. The third-order valence-electron chi connectivity index (χ3n) is 5.60. The van der Waals surface area contributed by atoms with Gasteiger partial charge in [-0.15, -0.1) is 0 Å². The fourth-order valence-electron chi connectivity index (χ4n) is 3.66. The van der Waals surface area contributed by atoms with Crippen LogP contribution in [0.2, 0.25) is 0 Å². The maximum absolute atomic E-state index is 12.9. The molecule has 0 bridgehead atoms. The minimum absolute atomic E-state index is 0.0298. The Kier molecular flexibility index (Phi) is 5.14. The van der Waals surface area contributed by atoms with Crippen LogP contribution >= 0.6 is 0 Å². The molecule has 1 saturated carbocycles. The Labute approximate surface area is 168 Å². The molecule has 2 N–H and O–H groups in total. The maximum atomic E-state index is 12.9. The summed E-state index contributed by atoms with van der Waals surface area (Å²) in [7, 11) is -3.75. The minimum atomic E-state index is -3.75. The van der Waals surface area contributed by atoms with Crippen molar-refractivity contribution in [1.82, 2.24) is 19.2 Å². The monoisotopic (exact) mass is 422 g/mol. The average molecular weight is 423 g/mol. The molecular formula is C19H26N4O5S. The predicted molar refractivity (Wildman–Crippen MR) is 109 cm³/mol. The zero-order valence-electron chi connectivity index (χ0n) is 16.6. The normalized spacial score (nSPS) is 21.4. The lowest BCUT2D eigenvalue weighted by molar-refractivity contribution is 0.0712. The van der Waals surface area contributed by atoms with Gasteiger partial charge in [-0.3, -0.25) is 13.9 Å². The topological polar surface area (TPSA) is 111 Å². The largest absolute Gasteiger partial charge is 0.378 e. The Bertz CT molecular complexity index is 1160. The smallest absolute Gasteiger partial charge is 0.331 e. The molecule has 1 aliphatic heterocycles. The number of nitrogens with zero attached hydrogens (tertiary/aromatic N) is 2. The number of aromatic nitrogens is 2. The second-order valence-corrected chi connectivity index (χ2v) is 9.70. The molecule has 2 aliphatic rings. The molecule has 4 rings (SSSR count). The zero-order chi connectivity index (χ0) is 20.8. The van der Waals surface area contributed by atoms with Crippen LogP contribution in [0.15, 0.2) is 32.7 Å². The summed E-state index contributed by atoms with van der Waals surface area (Å²) in [5.74, 6) is 0. The molecule has 10 heteroatoms. The SMILES string of the molecule is CCn1c(=O)c2cc(S(=O)(=O)NC3(C)CC3)ccc2n(CC2COCCN2)c1=O. The number of nitrogens with one attached hydrogen (secondary N) is 2. The van der Waals surface area contributed by atoms with Gasteiger partial charge in [-0.1, -0.05) is 0 Å². The second-order valence-electron chi connectivity index (χ2n) is 8.01. The Balaban J connectivity index is 1.83. The van der Waals surface area contributed by atoms with E-state index < -0.39 is 26.8 Å². The van der Waals surface area contributed by atoms with Crippen LogP contribution in [-0.4, -0.2) is 48.9 Å². The highest BCUT2D eigenvalue weighted by atomic mass is 32.2. The summed E-state index contributed by atoms with van der Waals surface area (Å²) < 4.78 is 36.3. The van der Waals surface area contributed by atoms with Crippen LogP contribution in [0.5, 0.6) is 0 Å². The highest BCUT2D eigenvalue weighted by Gasteiger charge is 2.41. The zero-order valence-corrected chi connectivity index (χ0v) is 17.4. The van der Waals surface area contributed by atoms with Crippen LogP contribution in [0.25, 0.3) is 10.9 Å². The van der Waals surface area contributed by atoms with Gasteiger partial charge in [0.1, 0.15) is 0 Å². The van der Waals surface area contributed by atoms with Crippen molar-refractivity contribution in [3.8, 4) is 0 Å². The van der Waals surface area contributed by atoms with Crippen molar-refractivity contribution in [2.45, 2.75) is 56.3 Å². The summed E-state index contributed by atoms with van der Waals surface area (Å²) in [6.07, 6.45) is 1.58. The highest BCUT2D eigenvalue weighted by Crippen LogP contribution is 2.36. The first-order valence-corrected chi connectivity index (χ1v) is 11.3. The van der Waals surface area contributed by atoms with E-state index in [0.717, 1.165) is 17.4 Å². The summed E-state index contributed by atoms with van der Waals surface area (Å²) in [5, 5.41) is 3.52. The summed E-state index contributed by atoms with van der Waals surface area (Å²) in [6.45, 7) is 5.89. The number of morpholine rings is 1. The van der Waals surface area contributed by atoms with Crippen LogP contribution < -0.4 is 21.3 Å². The van der Waals surface area contributed by atoms with E-state index in [9.17, 15) is 18.0 Å². The van der Waals surface area contributed by atoms with Gasteiger partial charge in [0.15, 0.2) is 0 Å². The fraction of sp³-hybridized carbons (Fsp3) is 0.579. The molecule has 1 aliphatic carbocycles. The van der Waals surface area contributed by atoms with E-state index in [-0.39, 0.29) is 22.9 Å². The summed E-state index contributed by atoms with van der Waals surface area (Å²) in [5.41, 5.74) is -0.875. The van der Waals surface area contributed by atoms with E-state index in [1.807, 2.05) is 6.92 Å². The molecule has 1 aromatic carbocycles. The predicted octanol–water partition coefficient (Wildman–Crippen LogP) is 0.00230. The number of hydrogen-bond acceptors (Lipinski definition) is 6. The van der Waals surface area contributed by atoms with Gasteiger partial charge in [0.2, 0.25) is 10.0 Å². The molecule has 1 atom stereocenters. The first-order valence-electron chi connectivity index (χ1n) is 9.87. The lowest BCUT2D eigenvalue weighted by Gasteiger charge is -2.25. The Morgan fingerprint density at radius 3 is 2.66 bits per heavy atom. The quantitative estimate of drug-likeness (QED) is 0.678. The number of rotatable bonds is 6. The molecule has 2 fully saturated rings. The van der Waals surface area contributed by atoms with Crippen LogP contribution in [0.4, 0.5) is 0 Å². The van der Waals surface area contributed by atoms with Gasteiger partial charge in [0.25, 0.3) is 5.56 Å². The van der Waals surface area contributed by atoms with Crippen molar-refractivity contribution < 1.29 is 13.2 Å². The number of benzene rings is 1. The maximum Gasteiger partial charge on any atom is 0.331 e. The molecule has 0 spiro atoms. The van der Waals surface area contributed by atoms with Gasteiger partial charge >= 0.3 is 5.69 Å². The van der Waals surface area contributed by atoms with Crippen molar-refractivity contribution in [2.24, 2.45) is 0 Å². The molecule has 9 nitrogen and oxygen atoms in total. The number of hydrogen-bond donors (Lipinski definition) is 2. The van der Waals surface area contributed by atoms with Gasteiger partial charge in [0, 0.05) is 31.2 Å². The van der Waals surface area contributed by atoms with E-state index in [1.54, 1.807) is 13.0 Å². The highest BCUT2D eigenvalue weighted by molar-refractivity contribution is 7.89. The molecule has 2 aromatic rings. The van der Waals surface area contributed by atoms with Gasteiger partial charge in [-0.2, -0.15) is 0 Å². The summed E-state index contributed by atoms with van der Waals surface area (Å²) in [4.78, 5) is 25.8. The molecular weight excluding hydrogens is 396 g/mol. The van der Waals surface area contributed by atoms with E-state index in [1.165, 1.54) is 16.7 Å². The van der Waals surface area contributed by atoms with Crippen molar-refractivity contribution in [1.29, 1.82) is 0 Å². The summed E-state index contributed by atoms with van der Waals surface area (Å²) in [6, 6.07) is 4.31. The molecule has 29 heavy (non-hydrogen) atoms. The van der Waals surface area contributed by atoms with Crippen molar-refractivity contribution in [2.75, 3.05) is 19.8 Å². The second kappa shape index (κ2) is 7.35. The van der Waals surface area contributed by atoms with E-state index in [0.29, 0.717) is 31.8 Å². The van der Waals surface area contributed by atoms with Crippen molar-refractivity contribution >= 4 is 20.9 Å². The van der Waals surface area contributed by atoms with Gasteiger partial charge in [-0.25, -0.2) is 17.9 Å². The van der Waals surface area contributed by atoms with Crippen LogP contribution in [0.1, 0.15) is 26.7 Å². The van der Waals surface area contributed by atoms with Crippen LogP contribution in [0, 0.1) is 0 Å². The van der Waals surface area contributed by atoms with Crippen LogP contribution in [0.3, 0.4) is 0 Å². The Morgan fingerprint density at radius 1 is 1.28 bits per heavy atom. The van der Waals surface area contributed by atoms with Gasteiger partial charge in [-0.05, 0) is 44.9 Å². The number of sulfonamides is 1. The van der Waals surface area contributed by atoms with Gasteiger partial charge in [0.05, 0.1) is 29.0 Å². The van der Waals surface area contributed by atoms with Crippen molar-refractivity contribution in [3.05, 3.63) is 39.0 Å². The molecule has 1 saturated heterocycles. The average Bonchev–Trinajstić information content (AvgIpc) is 3.41. The van der Waals surface area contributed by atoms with Crippen molar-refractivity contribution in [3.63, 3.8) is 0 Å². The fourth-order valence-corrected chi connectivity index (χ4v) is 5.15.